The monoisotopic (exact) mass is 356 g/mol. The summed E-state index contributed by atoms with van der Waals surface area (Å²) >= 11 is 0. The van der Waals surface area contributed by atoms with Crippen molar-refractivity contribution in [2.45, 2.75) is 20.8 Å². The van der Waals surface area contributed by atoms with E-state index in [1.54, 1.807) is 0 Å². The Labute approximate surface area is 157 Å². The van der Waals surface area contributed by atoms with E-state index < -0.39 is 0 Å². The number of aryl methyl sites for hydroxylation is 3. The van der Waals surface area contributed by atoms with E-state index in [9.17, 15) is 4.79 Å². The second kappa shape index (κ2) is 6.72. The van der Waals surface area contributed by atoms with Crippen molar-refractivity contribution in [3.05, 3.63) is 99.5 Å². The fourth-order valence-electron chi connectivity index (χ4n) is 2.98. The first-order valence-electron chi connectivity index (χ1n) is 8.86. The Hall–Kier alpha value is -3.40. The molecule has 0 aliphatic heterocycles. The van der Waals surface area contributed by atoms with Gasteiger partial charge in [-0.25, -0.2) is 4.57 Å². The van der Waals surface area contributed by atoms with Crippen molar-refractivity contribution in [3.8, 4) is 5.69 Å². The highest BCUT2D eigenvalue weighted by Crippen LogP contribution is 2.15. The summed E-state index contributed by atoms with van der Waals surface area (Å²) in [5.74, 6) is 0. The molecule has 0 spiro atoms. The summed E-state index contributed by atoms with van der Waals surface area (Å²) in [6.07, 6.45) is 0. The van der Waals surface area contributed by atoms with Crippen LogP contribution in [0.2, 0.25) is 0 Å². The van der Waals surface area contributed by atoms with Gasteiger partial charge in [0.05, 0.1) is 16.8 Å². The molecule has 4 aromatic rings. The molecule has 0 amide bonds. The Bertz CT molecular complexity index is 1250. The van der Waals surface area contributed by atoms with E-state index >= 15 is 0 Å². The fraction of sp³-hybridized carbons (Fsp3) is 0.130. The van der Waals surface area contributed by atoms with E-state index in [0.717, 1.165) is 28.1 Å². The summed E-state index contributed by atoms with van der Waals surface area (Å²) in [5, 5.41) is 0.540. The SMILES string of the molecule is Cc1ccc(N=c2oc3ccc(C)cc3c(=O)n2-c2ccc(C)cc2)cc1. The minimum absolute atomic E-state index is 0.144. The Kier molecular flexibility index (Phi) is 4.24. The molecule has 0 aliphatic rings. The van der Waals surface area contributed by atoms with Crippen molar-refractivity contribution >= 4 is 16.7 Å². The standard InChI is InChI=1S/C23H20N2O2/c1-15-4-9-18(10-5-15)24-23-25(19-11-6-16(2)7-12-19)22(26)20-14-17(3)8-13-21(20)27-23/h4-14H,1-3H3. The molecule has 0 saturated carbocycles. The molecular formula is C23H20N2O2. The maximum atomic E-state index is 13.3. The minimum Gasteiger partial charge on any atom is -0.424 e. The normalized spacial score (nSPS) is 11.9. The quantitative estimate of drug-likeness (QED) is 0.521. The summed E-state index contributed by atoms with van der Waals surface area (Å²) < 4.78 is 7.57. The summed E-state index contributed by atoms with van der Waals surface area (Å²) in [7, 11) is 0. The van der Waals surface area contributed by atoms with E-state index in [2.05, 4.69) is 4.99 Å². The van der Waals surface area contributed by atoms with Crippen molar-refractivity contribution < 1.29 is 4.42 Å². The highest BCUT2D eigenvalue weighted by molar-refractivity contribution is 5.76. The molecule has 4 heteroatoms. The molecule has 3 aromatic carbocycles. The van der Waals surface area contributed by atoms with E-state index in [0.29, 0.717) is 11.0 Å². The van der Waals surface area contributed by atoms with Crippen molar-refractivity contribution in [2.24, 2.45) is 4.99 Å². The largest absolute Gasteiger partial charge is 0.424 e. The third kappa shape index (κ3) is 3.34. The second-order valence-corrected chi connectivity index (χ2v) is 6.81. The molecule has 0 atom stereocenters. The first kappa shape index (κ1) is 17.0. The van der Waals surface area contributed by atoms with Crippen molar-refractivity contribution in [2.75, 3.05) is 0 Å². The van der Waals surface area contributed by atoms with E-state index in [1.165, 1.54) is 4.57 Å². The van der Waals surface area contributed by atoms with Gasteiger partial charge in [0.25, 0.3) is 5.56 Å². The van der Waals surface area contributed by atoms with Gasteiger partial charge in [-0.15, -0.1) is 0 Å². The van der Waals surface area contributed by atoms with E-state index in [1.807, 2.05) is 87.5 Å². The molecule has 4 rings (SSSR count). The number of hydrogen-bond donors (Lipinski definition) is 0. The molecule has 0 aliphatic carbocycles. The van der Waals surface area contributed by atoms with Crippen molar-refractivity contribution in [1.82, 2.24) is 4.57 Å². The lowest BCUT2D eigenvalue weighted by molar-refractivity contribution is 0.486. The molecular weight excluding hydrogens is 336 g/mol. The summed E-state index contributed by atoms with van der Waals surface area (Å²) in [4.78, 5) is 17.9. The highest BCUT2D eigenvalue weighted by atomic mass is 16.3. The minimum atomic E-state index is -0.144. The van der Waals surface area contributed by atoms with E-state index in [4.69, 9.17) is 4.42 Å². The first-order valence-corrected chi connectivity index (χ1v) is 8.86. The fourth-order valence-corrected chi connectivity index (χ4v) is 2.98. The van der Waals surface area contributed by atoms with Crippen molar-refractivity contribution in [3.63, 3.8) is 0 Å². The zero-order valence-corrected chi connectivity index (χ0v) is 15.6. The third-order valence-corrected chi connectivity index (χ3v) is 4.51. The predicted octanol–water partition coefficient (Wildman–Crippen LogP) is 4.74. The molecule has 1 heterocycles. The van der Waals surface area contributed by atoms with Crippen LogP contribution in [0.25, 0.3) is 16.7 Å². The summed E-state index contributed by atoms with van der Waals surface area (Å²) in [6.45, 7) is 5.99. The number of aromatic nitrogens is 1. The zero-order valence-electron chi connectivity index (χ0n) is 15.6. The topological polar surface area (TPSA) is 47.5 Å². The van der Waals surface area contributed by atoms with Gasteiger partial charge in [0.15, 0.2) is 0 Å². The maximum Gasteiger partial charge on any atom is 0.310 e. The van der Waals surface area contributed by atoms with Crippen molar-refractivity contribution in [1.29, 1.82) is 0 Å². The molecule has 0 N–H and O–H groups in total. The van der Waals surface area contributed by atoms with Crippen LogP contribution >= 0.6 is 0 Å². The lowest BCUT2D eigenvalue weighted by Gasteiger charge is -2.09. The molecule has 0 fully saturated rings. The molecule has 0 saturated heterocycles. The molecule has 0 radical (unpaired) electrons. The van der Waals surface area contributed by atoms with Crippen LogP contribution in [-0.4, -0.2) is 4.57 Å². The van der Waals surface area contributed by atoms with Gasteiger partial charge in [-0.1, -0.05) is 47.0 Å². The third-order valence-electron chi connectivity index (χ3n) is 4.51. The van der Waals surface area contributed by atoms with Gasteiger partial charge in [-0.05, 0) is 57.2 Å². The van der Waals surface area contributed by atoms with Crippen LogP contribution in [0.4, 0.5) is 5.69 Å². The van der Waals surface area contributed by atoms with Gasteiger partial charge in [-0.3, -0.25) is 4.79 Å². The van der Waals surface area contributed by atoms with E-state index in [-0.39, 0.29) is 11.2 Å². The average molecular weight is 356 g/mol. The molecule has 0 bridgehead atoms. The highest BCUT2D eigenvalue weighted by Gasteiger charge is 2.11. The van der Waals surface area contributed by atoms with Gasteiger partial charge >= 0.3 is 5.68 Å². The lowest BCUT2D eigenvalue weighted by atomic mass is 10.2. The number of benzene rings is 3. The molecule has 1 aromatic heterocycles. The average Bonchev–Trinajstić information content (AvgIpc) is 2.66. The smallest absolute Gasteiger partial charge is 0.310 e. The first-order chi connectivity index (χ1) is 13.0. The molecule has 4 nitrogen and oxygen atoms in total. The Morgan fingerprint density at radius 1 is 0.778 bits per heavy atom. The van der Waals surface area contributed by atoms with Crippen LogP contribution in [-0.2, 0) is 0 Å². The zero-order chi connectivity index (χ0) is 19.0. The Morgan fingerprint density at radius 2 is 1.37 bits per heavy atom. The summed E-state index contributed by atoms with van der Waals surface area (Å²) in [5.41, 5.74) is 5.37. The number of nitrogens with zero attached hydrogens (tertiary/aromatic N) is 2. The Morgan fingerprint density at radius 3 is 2.04 bits per heavy atom. The molecule has 134 valence electrons. The van der Waals surface area contributed by atoms with Crippen LogP contribution in [0.3, 0.4) is 0 Å². The maximum absolute atomic E-state index is 13.3. The summed E-state index contributed by atoms with van der Waals surface area (Å²) in [6, 6.07) is 21.1. The van der Waals surface area contributed by atoms with Crippen LogP contribution in [0.1, 0.15) is 16.7 Å². The van der Waals surface area contributed by atoms with Crippen LogP contribution in [0.15, 0.2) is 80.9 Å². The lowest BCUT2D eigenvalue weighted by Crippen LogP contribution is -2.31. The van der Waals surface area contributed by atoms with Gasteiger partial charge < -0.3 is 4.42 Å². The van der Waals surface area contributed by atoms with Gasteiger partial charge in [0, 0.05) is 0 Å². The predicted molar refractivity (Wildman–Crippen MR) is 108 cm³/mol. The van der Waals surface area contributed by atoms with Gasteiger partial charge in [0.1, 0.15) is 5.58 Å². The number of fused-ring (bicyclic) bond motifs is 1. The van der Waals surface area contributed by atoms with Gasteiger partial charge in [0.2, 0.25) is 0 Å². The Balaban J connectivity index is 2.08. The second-order valence-electron chi connectivity index (χ2n) is 6.81. The van der Waals surface area contributed by atoms with Crippen LogP contribution in [0, 0.1) is 20.8 Å². The van der Waals surface area contributed by atoms with Gasteiger partial charge in [-0.2, -0.15) is 4.99 Å². The number of hydrogen-bond acceptors (Lipinski definition) is 3. The number of rotatable bonds is 2. The van der Waals surface area contributed by atoms with Crippen LogP contribution in [0.5, 0.6) is 0 Å². The van der Waals surface area contributed by atoms with Crippen LogP contribution < -0.4 is 11.2 Å². The molecule has 0 unspecified atom stereocenters. The molecule has 27 heavy (non-hydrogen) atoms.